The Hall–Kier alpha value is -1.20. The number of aromatic nitrogens is 3. The van der Waals surface area contributed by atoms with Crippen LogP contribution in [0.2, 0.25) is 0 Å². The van der Waals surface area contributed by atoms with Crippen LogP contribution in [0.25, 0.3) is 10.7 Å². The molecule has 1 aliphatic rings. The second kappa shape index (κ2) is 4.35. The largest absolute Gasteiger partial charge is 0.316 e. The Labute approximate surface area is 98.1 Å². The van der Waals surface area contributed by atoms with Crippen molar-refractivity contribution in [3.63, 3.8) is 0 Å². The first-order chi connectivity index (χ1) is 7.92. The maximum absolute atomic E-state index is 4.53. The molecule has 3 rings (SSSR count). The lowest BCUT2D eigenvalue weighted by atomic mass is 10.1. The highest BCUT2D eigenvalue weighted by molar-refractivity contribution is 7.13. The molecule has 2 aromatic rings. The van der Waals surface area contributed by atoms with Crippen LogP contribution >= 0.6 is 11.3 Å². The van der Waals surface area contributed by atoms with Crippen LogP contribution in [-0.4, -0.2) is 28.3 Å². The Kier molecular flexibility index (Phi) is 2.71. The van der Waals surface area contributed by atoms with Gasteiger partial charge in [0.2, 0.25) is 0 Å². The molecule has 0 aliphatic carbocycles. The molecule has 1 atom stereocenters. The van der Waals surface area contributed by atoms with Crippen molar-refractivity contribution in [2.24, 2.45) is 5.92 Å². The van der Waals surface area contributed by atoms with Crippen molar-refractivity contribution >= 4 is 11.3 Å². The van der Waals surface area contributed by atoms with E-state index in [2.05, 4.69) is 26.6 Å². The second-order valence-corrected chi connectivity index (χ2v) is 5.09. The average molecular weight is 234 g/mol. The summed E-state index contributed by atoms with van der Waals surface area (Å²) in [5.41, 5.74) is 0. The molecule has 1 aliphatic heterocycles. The highest BCUT2D eigenvalue weighted by atomic mass is 32.1. The highest BCUT2D eigenvalue weighted by Gasteiger charge is 2.17. The lowest BCUT2D eigenvalue weighted by Crippen LogP contribution is -2.11. The molecule has 0 spiro atoms. The van der Waals surface area contributed by atoms with Gasteiger partial charge in [-0.15, -0.1) is 11.3 Å². The van der Waals surface area contributed by atoms with Crippen molar-refractivity contribution < 1.29 is 0 Å². The van der Waals surface area contributed by atoms with Gasteiger partial charge in [-0.1, -0.05) is 6.07 Å². The van der Waals surface area contributed by atoms with Gasteiger partial charge in [-0.3, -0.25) is 5.10 Å². The lowest BCUT2D eigenvalue weighted by Gasteiger charge is -2.03. The molecule has 3 heterocycles. The van der Waals surface area contributed by atoms with E-state index in [-0.39, 0.29) is 0 Å². The summed E-state index contributed by atoms with van der Waals surface area (Å²) in [4.78, 5) is 5.66. The first-order valence-electron chi connectivity index (χ1n) is 5.58. The zero-order valence-electron chi connectivity index (χ0n) is 8.94. The van der Waals surface area contributed by atoms with Crippen LogP contribution in [0.3, 0.4) is 0 Å². The maximum atomic E-state index is 4.53. The van der Waals surface area contributed by atoms with E-state index in [9.17, 15) is 0 Å². The predicted octanol–water partition coefficient (Wildman–Crippen LogP) is 1.69. The van der Waals surface area contributed by atoms with E-state index in [1.54, 1.807) is 11.3 Å². The van der Waals surface area contributed by atoms with Gasteiger partial charge < -0.3 is 5.32 Å². The van der Waals surface area contributed by atoms with E-state index >= 15 is 0 Å². The van der Waals surface area contributed by atoms with Gasteiger partial charge in [0.1, 0.15) is 5.82 Å². The van der Waals surface area contributed by atoms with Crippen LogP contribution < -0.4 is 5.32 Å². The van der Waals surface area contributed by atoms with Gasteiger partial charge in [0.05, 0.1) is 4.88 Å². The molecule has 5 heteroatoms. The molecule has 1 fully saturated rings. The van der Waals surface area contributed by atoms with Gasteiger partial charge in [0.15, 0.2) is 5.82 Å². The number of aromatic amines is 1. The Morgan fingerprint density at radius 1 is 1.50 bits per heavy atom. The standard InChI is InChI=1S/C11H14N4S/c1-2-9(16-5-1)11-13-10(14-15-11)6-8-3-4-12-7-8/h1-2,5,8,12H,3-4,6-7H2,(H,13,14,15). The van der Waals surface area contributed by atoms with Crippen LogP contribution in [0.5, 0.6) is 0 Å². The van der Waals surface area contributed by atoms with Gasteiger partial charge in [0, 0.05) is 6.42 Å². The predicted molar refractivity (Wildman–Crippen MR) is 64.4 cm³/mol. The molecule has 0 bridgehead atoms. The van der Waals surface area contributed by atoms with E-state index in [4.69, 9.17) is 0 Å². The van der Waals surface area contributed by atoms with Gasteiger partial charge in [-0.05, 0) is 36.9 Å². The summed E-state index contributed by atoms with van der Waals surface area (Å²) in [5.74, 6) is 2.55. The van der Waals surface area contributed by atoms with Crippen LogP contribution in [0.1, 0.15) is 12.2 Å². The number of thiophene rings is 1. The number of H-pyrrole nitrogens is 1. The van der Waals surface area contributed by atoms with Crippen molar-refractivity contribution in [1.29, 1.82) is 0 Å². The van der Waals surface area contributed by atoms with Crippen LogP contribution in [0, 0.1) is 5.92 Å². The quantitative estimate of drug-likeness (QED) is 0.849. The third kappa shape index (κ3) is 2.01. The molecule has 1 unspecified atom stereocenters. The second-order valence-electron chi connectivity index (χ2n) is 4.15. The van der Waals surface area contributed by atoms with Crippen molar-refractivity contribution in [1.82, 2.24) is 20.5 Å². The van der Waals surface area contributed by atoms with Crippen LogP contribution in [-0.2, 0) is 6.42 Å². The molecule has 16 heavy (non-hydrogen) atoms. The van der Waals surface area contributed by atoms with Crippen LogP contribution in [0.4, 0.5) is 0 Å². The minimum Gasteiger partial charge on any atom is -0.316 e. The first kappa shape index (κ1) is 9.99. The van der Waals surface area contributed by atoms with Gasteiger partial charge in [-0.2, -0.15) is 5.10 Å². The highest BCUT2D eigenvalue weighted by Crippen LogP contribution is 2.21. The fourth-order valence-corrected chi connectivity index (χ4v) is 2.72. The summed E-state index contributed by atoms with van der Waals surface area (Å²) in [6.45, 7) is 2.24. The number of nitrogens with one attached hydrogen (secondary N) is 2. The molecule has 1 saturated heterocycles. The summed E-state index contributed by atoms with van der Waals surface area (Å²) in [5, 5.41) is 12.7. The number of rotatable bonds is 3. The summed E-state index contributed by atoms with van der Waals surface area (Å²) in [6.07, 6.45) is 2.25. The number of nitrogens with zero attached hydrogens (tertiary/aromatic N) is 2. The third-order valence-corrected chi connectivity index (χ3v) is 3.78. The molecule has 4 nitrogen and oxygen atoms in total. The smallest absolute Gasteiger partial charge is 0.191 e. The first-order valence-corrected chi connectivity index (χ1v) is 6.45. The Morgan fingerprint density at radius 3 is 3.25 bits per heavy atom. The molecule has 2 aromatic heterocycles. The summed E-state index contributed by atoms with van der Waals surface area (Å²) < 4.78 is 0. The Morgan fingerprint density at radius 2 is 2.50 bits per heavy atom. The average Bonchev–Trinajstić information content (AvgIpc) is 2.99. The molecule has 0 amide bonds. The fraction of sp³-hybridized carbons (Fsp3) is 0.455. The van der Waals surface area contributed by atoms with Gasteiger partial charge >= 0.3 is 0 Å². The summed E-state index contributed by atoms with van der Waals surface area (Å²) in [7, 11) is 0. The van der Waals surface area contributed by atoms with Crippen molar-refractivity contribution in [2.75, 3.05) is 13.1 Å². The van der Waals surface area contributed by atoms with Crippen molar-refractivity contribution in [3.05, 3.63) is 23.3 Å². The Bertz CT molecular complexity index is 442. The molecule has 0 aromatic carbocycles. The SMILES string of the molecule is c1csc(-c2n[nH]c(CC3CCNC3)n2)c1. The van der Waals surface area contributed by atoms with E-state index in [0.29, 0.717) is 5.92 Å². The van der Waals surface area contributed by atoms with E-state index in [0.717, 1.165) is 36.0 Å². The third-order valence-electron chi connectivity index (χ3n) is 2.92. The summed E-state index contributed by atoms with van der Waals surface area (Å²) >= 11 is 1.67. The number of hydrogen-bond donors (Lipinski definition) is 2. The summed E-state index contributed by atoms with van der Waals surface area (Å²) in [6, 6.07) is 4.08. The van der Waals surface area contributed by atoms with E-state index < -0.39 is 0 Å². The topological polar surface area (TPSA) is 53.6 Å². The Balaban J connectivity index is 1.72. The maximum Gasteiger partial charge on any atom is 0.191 e. The van der Waals surface area contributed by atoms with E-state index in [1.807, 2.05) is 11.4 Å². The molecular formula is C11H14N4S. The zero-order valence-corrected chi connectivity index (χ0v) is 9.76. The normalized spacial score (nSPS) is 20.4. The molecule has 2 N–H and O–H groups in total. The van der Waals surface area contributed by atoms with Crippen molar-refractivity contribution in [3.8, 4) is 10.7 Å². The molecule has 0 saturated carbocycles. The molecule has 84 valence electrons. The van der Waals surface area contributed by atoms with Crippen molar-refractivity contribution in [2.45, 2.75) is 12.8 Å². The minimum atomic E-state index is 0.712. The molecule has 0 radical (unpaired) electrons. The zero-order chi connectivity index (χ0) is 10.8. The number of hydrogen-bond acceptors (Lipinski definition) is 4. The fourth-order valence-electron chi connectivity index (χ4n) is 2.06. The monoisotopic (exact) mass is 234 g/mol. The van der Waals surface area contributed by atoms with Gasteiger partial charge in [-0.25, -0.2) is 4.98 Å². The molecular weight excluding hydrogens is 220 g/mol. The van der Waals surface area contributed by atoms with Gasteiger partial charge in [0.25, 0.3) is 0 Å². The van der Waals surface area contributed by atoms with E-state index in [1.165, 1.54) is 6.42 Å². The lowest BCUT2D eigenvalue weighted by molar-refractivity contribution is 0.563. The minimum absolute atomic E-state index is 0.712. The van der Waals surface area contributed by atoms with Crippen LogP contribution in [0.15, 0.2) is 17.5 Å².